The number of fused-ring (bicyclic) bond motifs is 3. The first kappa shape index (κ1) is 26.7. The first-order valence-electron chi connectivity index (χ1n) is 13.6. The average Bonchev–Trinajstić information content (AvgIpc) is 2.84. The molecule has 0 heterocycles. The number of hydrogen-bond donors (Lipinski definition) is 3. The van der Waals surface area contributed by atoms with Crippen molar-refractivity contribution in [3.05, 3.63) is 28.8 Å². The zero-order valence-electron chi connectivity index (χ0n) is 22.1. The predicted octanol–water partition coefficient (Wildman–Crippen LogP) is 1.24. The van der Waals surface area contributed by atoms with Crippen LogP contribution in [-0.4, -0.2) is 69.9 Å². The molecule has 1 aromatic rings. The topological polar surface area (TPSA) is 155 Å². The van der Waals surface area contributed by atoms with Crippen molar-refractivity contribution in [2.75, 3.05) is 14.1 Å². The van der Waals surface area contributed by atoms with Gasteiger partial charge in [-0.3, -0.25) is 28.9 Å². The van der Waals surface area contributed by atoms with Crippen LogP contribution in [0.4, 0.5) is 0 Å². The number of hydrogen-bond acceptors (Lipinski definition) is 8. The van der Waals surface area contributed by atoms with Gasteiger partial charge in [0.2, 0.25) is 5.91 Å². The summed E-state index contributed by atoms with van der Waals surface area (Å²) in [6, 6.07) is 2.60. The Bertz CT molecular complexity index is 1230. The third kappa shape index (κ3) is 3.85. The van der Waals surface area contributed by atoms with Crippen LogP contribution in [0.5, 0.6) is 5.75 Å². The Hall–Kier alpha value is -2.91. The molecule has 5 rings (SSSR count). The van der Waals surface area contributed by atoms with E-state index in [9.17, 15) is 34.2 Å². The maximum atomic E-state index is 13.9. The summed E-state index contributed by atoms with van der Waals surface area (Å²) in [7, 11) is 3.14. The van der Waals surface area contributed by atoms with Gasteiger partial charge < -0.3 is 15.9 Å². The van der Waals surface area contributed by atoms with Crippen molar-refractivity contribution in [1.29, 1.82) is 0 Å². The molecule has 0 bridgehead atoms. The van der Waals surface area contributed by atoms with Crippen molar-refractivity contribution in [2.24, 2.45) is 41.2 Å². The predicted molar refractivity (Wildman–Crippen MR) is 136 cm³/mol. The van der Waals surface area contributed by atoms with Gasteiger partial charge in [-0.25, -0.2) is 0 Å². The Kier molecular flexibility index (Phi) is 6.59. The number of ketones is 4. The van der Waals surface area contributed by atoms with Crippen molar-refractivity contribution in [1.82, 2.24) is 4.90 Å². The number of carbonyl (C=O) groups excluding carboxylic acids is 5. The molecule has 0 radical (unpaired) electrons. The van der Waals surface area contributed by atoms with E-state index in [4.69, 9.17) is 5.73 Å². The van der Waals surface area contributed by atoms with E-state index in [0.717, 1.165) is 25.7 Å². The second-order valence-electron chi connectivity index (χ2n) is 12.2. The molecular weight excluding hydrogens is 488 g/mol. The fourth-order valence-corrected chi connectivity index (χ4v) is 7.63. The number of nitrogens with two attached hydrogens (primary N) is 1. The van der Waals surface area contributed by atoms with Crippen LogP contribution < -0.4 is 5.73 Å². The van der Waals surface area contributed by atoms with E-state index >= 15 is 0 Å². The standard InChI is InChI=1S/C29H36N2O7/c1-13-4-6-14(7-5-13)10-16-9-8-15-11-17-12-18-22(31(2)3)25(34)21(28(30)37)27(36)29(18,38)26(35)20(17)24(33)19(15)23(16)32/h8-9,13-14,17-18,20-22,32,38H,4-7,10-12H2,1-3H3,(H2,30,37)/t13?,14?,17-,18-,20?,21?,22-,29-/m1/s1. The highest BCUT2D eigenvalue weighted by Gasteiger charge is 2.69. The van der Waals surface area contributed by atoms with Crippen LogP contribution >= 0.6 is 0 Å². The van der Waals surface area contributed by atoms with Gasteiger partial charge in [0, 0.05) is 5.92 Å². The average molecular weight is 525 g/mol. The summed E-state index contributed by atoms with van der Waals surface area (Å²) in [5.41, 5.74) is 4.03. The van der Waals surface area contributed by atoms with Crippen molar-refractivity contribution < 1.29 is 34.2 Å². The first-order chi connectivity index (χ1) is 17.9. The number of Topliss-reactive ketones (excluding diaryl/α,β-unsaturated/α-hetero) is 4. The van der Waals surface area contributed by atoms with Crippen LogP contribution in [-0.2, 0) is 32.0 Å². The molecule has 9 heteroatoms. The fourth-order valence-electron chi connectivity index (χ4n) is 7.63. The minimum absolute atomic E-state index is 0.0622. The van der Waals surface area contributed by atoms with Gasteiger partial charge in [0.25, 0.3) is 0 Å². The van der Waals surface area contributed by atoms with E-state index in [2.05, 4.69) is 6.92 Å². The molecule has 0 aliphatic heterocycles. The summed E-state index contributed by atoms with van der Waals surface area (Å²) in [5.74, 6) is -8.85. The number of rotatable bonds is 4. The van der Waals surface area contributed by atoms with Gasteiger partial charge in [0.1, 0.15) is 5.75 Å². The Morgan fingerprint density at radius 3 is 2.34 bits per heavy atom. The summed E-state index contributed by atoms with van der Waals surface area (Å²) < 4.78 is 0. The van der Waals surface area contributed by atoms with Gasteiger partial charge in [-0.05, 0) is 75.1 Å². The highest BCUT2D eigenvalue weighted by Crippen LogP contribution is 2.51. The lowest BCUT2D eigenvalue weighted by atomic mass is 9.52. The molecule has 9 nitrogen and oxygen atoms in total. The molecule has 3 fully saturated rings. The molecular formula is C29H36N2O7. The molecule has 1 amide bonds. The molecule has 6 atom stereocenters. The number of phenols is 1. The summed E-state index contributed by atoms with van der Waals surface area (Å²) in [5, 5.41) is 22.9. The second-order valence-corrected chi connectivity index (χ2v) is 12.2. The molecule has 0 aromatic heterocycles. The summed E-state index contributed by atoms with van der Waals surface area (Å²) in [6.45, 7) is 2.24. The normalized spacial score (nSPS) is 37.0. The molecule has 204 valence electrons. The molecule has 0 spiro atoms. The maximum Gasteiger partial charge on any atom is 0.235 e. The number of amides is 1. The van der Waals surface area contributed by atoms with E-state index < -0.39 is 64.4 Å². The Balaban J connectivity index is 1.52. The monoisotopic (exact) mass is 524 g/mol. The molecule has 1 aromatic carbocycles. The van der Waals surface area contributed by atoms with E-state index in [-0.39, 0.29) is 17.7 Å². The van der Waals surface area contributed by atoms with Crippen LogP contribution in [0, 0.1) is 35.5 Å². The van der Waals surface area contributed by atoms with Crippen molar-refractivity contribution in [3.8, 4) is 5.75 Å². The Morgan fingerprint density at radius 1 is 1.08 bits per heavy atom. The van der Waals surface area contributed by atoms with Gasteiger partial charge in [-0.2, -0.15) is 0 Å². The van der Waals surface area contributed by atoms with E-state index in [1.165, 1.54) is 4.90 Å². The molecule has 0 saturated heterocycles. The van der Waals surface area contributed by atoms with Crippen LogP contribution in [0.1, 0.15) is 60.5 Å². The number of nitrogens with zero attached hydrogens (tertiary/aromatic N) is 1. The highest BCUT2D eigenvalue weighted by atomic mass is 16.3. The highest BCUT2D eigenvalue weighted by molar-refractivity contribution is 6.32. The van der Waals surface area contributed by atoms with Crippen LogP contribution in [0.25, 0.3) is 0 Å². The van der Waals surface area contributed by atoms with Gasteiger partial charge in [0.15, 0.2) is 34.7 Å². The molecule has 4 aliphatic carbocycles. The zero-order chi connectivity index (χ0) is 27.7. The summed E-state index contributed by atoms with van der Waals surface area (Å²) in [4.78, 5) is 67.7. The van der Waals surface area contributed by atoms with Crippen LogP contribution in [0.3, 0.4) is 0 Å². The maximum absolute atomic E-state index is 13.9. The number of likely N-dealkylation sites (N-methyl/N-ethyl adjacent to an activating group) is 1. The number of carbonyl (C=O) groups is 5. The number of primary amides is 1. The first-order valence-corrected chi connectivity index (χ1v) is 13.6. The van der Waals surface area contributed by atoms with E-state index in [1.54, 1.807) is 14.1 Å². The van der Waals surface area contributed by atoms with Crippen LogP contribution in [0.2, 0.25) is 0 Å². The van der Waals surface area contributed by atoms with E-state index in [1.807, 2.05) is 12.1 Å². The molecule has 4 N–H and O–H groups in total. The Labute approximate surface area is 221 Å². The lowest BCUT2D eigenvalue weighted by Gasteiger charge is -2.52. The van der Waals surface area contributed by atoms with Gasteiger partial charge in [-0.15, -0.1) is 0 Å². The SMILES string of the molecule is CC1CCC(Cc2ccc3c(c2O)C(=O)C2C(=O)[C@@]4(O)C(=O)C(C(N)=O)C(=O)[C@H](N(C)C)[C@H]4C[C@H]2C3)CC1. The number of aliphatic hydroxyl groups is 1. The number of benzene rings is 1. The Morgan fingerprint density at radius 2 is 1.74 bits per heavy atom. The fraction of sp³-hybridized carbons (Fsp3) is 0.621. The summed E-state index contributed by atoms with van der Waals surface area (Å²) in [6.07, 6.45) is 5.36. The van der Waals surface area contributed by atoms with Crippen molar-refractivity contribution >= 4 is 29.0 Å². The number of phenolic OH excluding ortho intramolecular Hbond substituents is 1. The van der Waals surface area contributed by atoms with Crippen molar-refractivity contribution in [3.63, 3.8) is 0 Å². The third-order valence-electron chi connectivity index (χ3n) is 9.66. The minimum Gasteiger partial charge on any atom is -0.507 e. The minimum atomic E-state index is -2.69. The molecule has 38 heavy (non-hydrogen) atoms. The third-order valence-corrected chi connectivity index (χ3v) is 9.66. The smallest absolute Gasteiger partial charge is 0.235 e. The largest absolute Gasteiger partial charge is 0.507 e. The quantitative estimate of drug-likeness (QED) is 0.497. The second kappa shape index (κ2) is 9.38. The lowest BCUT2D eigenvalue weighted by molar-refractivity contribution is -0.181. The van der Waals surface area contributed by atoms with Gasteiger partial charge >= 0.3 is 0 Å². The number of aromatic hydroxyl groups is 1. The van der Waals surface area contributed by atoms with Gasteiger partial charge in [-0.1, -0.05) is 31.9 Å². The lowest BCUT2D eigenvalue weighted by Crippen LogP contribution is -2.74. The summed E-state index contributed by atoms with van der Waals surface area (Å²) >= 11 is 0. The molecule has 4 aliphatic rings. The van der Waals surface area contributed by atoms with Crippen molar-refractivity contribution in [2.45, 2.75) is 63.5 Å². The molecule has 2 unspecified atom stereocenters. The van der Waals surface area contributed by atoms with E-state index in [0.29, 0.717) is 35.8 Å². The van der Waals surface area contributed by atoms with Crippen LogP contribution in [0.15, 0.2) is 12.1 Å². The zero-order valence-corrected chi connectivity index (χ0v) is 22.1. The molecule has 3 saturated carbocycles. The van der Waals surface area contributed by atoms with Gasteiger partial charge in [0.05, 0.1) is 17.5 Å².